The van der Waals surface area contributed by atoms with E-state index in [0.717, 1.165) is 42.0 Å². The maximum Gasteiger partial charge on any atom is 0.270 e. The monoisotopic (exact) mass is 330 g/mol. The van der Waals surface area contributed by atoms with Gasteiger partial charge in [-0.05, 0) is 28.4 Å². The van der Waals surface area contributed by atoms with Crippen LogP contribution in [-0.2, 0) is 6.54 Å². The number of amides is 1. The van der Waals surface area contributed by atoms with Gasteiger partial charge in [0.15, 0.2) is 0 Å². The quantitative estimate of drug-likeness (QED) is 0.850. The van der Waals surface area contributed by atoms with Crippen LogP contribution >= 0.6 is 27.7 Å². The molecule has 1 aromatic rings. The van der Waals surface area contributed by atoms with Crippen molar-refractivity contribution in [2.24, 2.45) is 0 Å². The molecule has 5 heteroatoms. The maximum atomic E-state index is 12.5. The van der Waals surface area contributed by atoms with Gasteiger partial charge in [-0.15, -0.1) is 0 Å². The van der Waals surface area contributed by atoms with Gasteiger partial charge in [-0.25, -0.2) is 0 Å². The van der Waals surface area contributed by atoms with Crippen molar-refractivity contribution in [1.29, 1.82) is 0 Å². The maximum absolute atomic E-state index is 12.5. The molecule has 1 aromatic heterocycles. The molecule has 1 unspecified atom stereocenters. The zero-order valence-electron chi connectivity index (χ0n) is 10.9. The second kappa shape index (κ2) is 6.15. The Kier molecular flexibility index (Phi) is 4.78. The molecule has 2 heterocycles. The molecule has 1 amide bonds. The van der Waals surface area contributed by atoms with E-state index in [1.54, 1.807) is 0 Å². The van der Waals surface area contributed by atoms with Gasteiger partial charge in [0.2, 0.25) is 0 Å². The minimum atomic E-state index is 0.168. The lowest BCUT2D eigenvalue weighted by atomic mass is 10.3. The number of nitrogens with zero attached hydrogens (tertiary/aromatic N) is 2. The van der Waals surface area contributed by atoms with E-state index in [9.17, 15) is 4.79 Å². The van der Waals surface area contributed by atoms with Crippen molar-refractivity contribution in [2.45, 2.75) is 32.1 Å². The summed E-state index contributed by atoms with van der Waals surface area (Å²) in [7, 11) is 0. The Bertz CT molecular complexity index is 433. The molecule has 100 valence electrons. The highest BCUT2D eigenvalue weighted by Crippen LogP contribution is 2.22. The number of carbonyl (C=O) groups excluding carboxylic acids is 1. The third kappa shape index (κ3) is 3.12. The van der Waals surface area contributed by atoms with Crippen molar-refractivity contribution in [3.63, 3.8) is 0 Å². The van der Waals surface area contributed by atoms with E-state index in [1.807, 2.05) is 28.9 Å². The van der Waals surface area contributed by atoms with Crippen molar-refractivity contribution in [3.05, 3.63) is 22.4 Å². The lowest BCUT2D eigenvalue weighted by Crippen LogP contribution is -2.41. The van der Waals surface area contributed by atoms with E-state index in [4.69, 9.17) is 0 Å². The van der Waals surface area contributed by atoms with Gasteiger partial charge in [0.25, 0.3) is 5.91 Å². The highest BCUT2D eigenvalue weighted by Gasteiger charge is 2.24. The summed E-state index contributed by atoms with van der Waals surface area (Å²) in [5.74, 6) is 1.21. The van der Waals surface area contributed by atoms with Gasteiger partial charge in [0, 0.05) is 41.3 Å². The Balaban J connectivity index is 2.17. The first-order valence-electron chi connectivity index (χ1n) is 6.38. The number of aryl methyl sites for hydroxylation is 1. The van der Waals surface area contributed by atoms with Crippen molar-refractivity contribution in [3.8, 4) is 0 Å². The predicted octanol–water partition coefficient (Wildman–Crippen LogP) is 3.24. The van der Waals surface area contributed by atoms with Crippen LogP contribution in [0.15, 0.2) is 16.7 Å². The standard InChI is InChI=1S/C13H19BrN2OS/c1-3-4-15-9-11(14)7-12(15)13(17)16-5-6-18-10(2)8-16/h7,9-10H,3-6,8H2,1-2H3. The summed E-state index contributed by atoms with van der Waals surface area (Å²) in [6, 6.07) is 1.93. The average molecular weight is 331 g/mol. The van der Waals surface area contributed by atoms with Gasteiger partial charge in [-0.1, -0.05) is 13.8 Å². The largest absolute Gasteiger partial charge is 0.342 e. The van der Waals surface area contributed by atoms with Crippen molar-refractivity contribution in [2.75, 3.05) is 18.8 Å². The minimum Gasteiger partial charge on any atom is -0.342 e. The summed E-state index contributed by atoms with van der Waals surface area (Å²) < 4.78 is 3.04. The van der Waals surface area contributed by atoms with Crippen LogP contribution in [-0.4, -0.2) is 39.5 Å². The summed E-state index contributed by atoms with van der Waals surface area (Å²) in [6.07, 6.45) is 3.03. The van der Waals surface area contributed by atoms with Gasteiger partial charge in [0.05, 0.1) is 0 Å². The van der Waals surface area contributed by atoms with Gasteiger partial charge < -0.3 is 9.47 Å². The summed E-state index contributed by atoms with van der Waals surface area (Å²) in [5.41, 5.74) is 0.808. The number of aromatic nitrogens is 1. The molecular formula is C13H19BrN2OS. The summed E-state index contributed by atoms with van der Waals surface area (Å²) in [4.78, 5) is 14.5. The van der Waals surface area contributed by atoms with E-state index >= 15 is 0 Å². The molecule has 1 aliphatic rings. The van der Waals surface area contributed by atoms with Crippen LogP contribution in [0.3, 0.4) is 0 Å². The highest BCUT2D eigenvalue weighted by molar-refractivity contribution is 9.10. The zero-order chi connectivity index (χ0) is 13.1. The molecule has 18 heavy (non-hydrogen) atoms. The first-order valence-corrected chi connectivity index (χ1v) is 8.22. The van der Waals surface area contributed by atoms with E-state index in [2.05, 4.69) is 34.3 Å². The molecule has 1 atom stereocenters. The molecule has 2 rings (SSSR count). The van der Waals surface area contributed by atoms with E-state index < -0.39 is 0 Å². The fraction of sp³-hybridized carbons (Fsp3) is 0.615. The number of hydrogen-bond donors (Lipinski definition) is 0. The lowest BCUT2D eigenvalue weighted by Gasteiger charge is -2.30. The third-order valence-corrected chi connectivity index (χ3v) is 4.65. The van der Waals surface area contributed by atoms with Crippen LogP contribution in [0.2, 0.25) is 0 Å². The molecule has 0 spiro atoms. The van der Waals surface area contributed by atoms with Gasteiger partial charge in [-0.2, -0.15) is 11.8 Å². The molecule has 0 radical (unpaired) electrons. The highest BCUT2D eigenvalue weighted by atomic mass is 79.9. The second-order valence-corrected chi connectivity index (χ2v) is 7.13. The first kappa shape index (κ1) is 14.0. The SMILES string of the molecule is CCCn1cc(Br)cc1C(=O)N1CCSC(C)C1. The topological polar surface area (TPSA) is 25.2 Å². The zero-order valence-corrected chi connectivity index (χ0v) is 13.3. The molecule has 1 saturated heterocycles. The Morgan fingerprint density at radius 2 is 2.39 bits per heavy atom. The molecule has 3 nitrogen and oxygen atoms in total. The number of halogens is 1. The molecular weight excluding hydrogens is 312 g/mol. The number of hydrogen-bond acceptors (Lipinski definition) is 2. The number of rotatable bonds is 3. The molecule has 1 fully saturated rings. The Hall–Kier alpha value is -0.420. The Labute approximate surface area is 121 Å². The normalized spacial score (nSPS) is 20.2. The Morgan fingerprint density at radius 1 is 1.61 bits per heavy atom. The van der Waals surface area contributed by atoms with Gasteiger partial charge in [-0.3, -0.25) is 4.79 Å². The lowest BCUT2D eigenvalue weighted by molar-refractivity contribution is 0.0752. The van der Waals surface area contributed by atoms with Crippen molar-refractivity contribution >= 4 is 33.6 Å². The predicted molar refractivity (Wildman–Crippen MR) is 80.2 cm³/mol. The molecule has 0 bridgehead atoms. The fourth-order valence-corrected chi connectivity index (χ4v) is 3.72. The van der Waals surface area contributed by atoms with Crippen molar-refractivity contribution < 1.29 is 4.79 Å². The van der Waals surface area contributed by atoms with Crippen molar-refractivity contribution in [1.82, 2.24) is 9.47 Å². The molecule has 0 N–H and O–H groups in total. The summed E-state index contributed by atoms with van der Waals surface area (Å²) in [6.45, 7) is 6.93. The number of thioether (sulfide) groups is 1. The average Bonchev–Trinajstić information content (AvgIpc) is 2.70. The second-order valence-electron chi connectivity index (χ2n) is 4.67. The Morgan fingerprint density at radius 3 is 3.06 bits per heavy atom. The van der Waals surface area contributed by atoms with Crippen LogP contribution in [0.4, 0.5) is 0 Å². The minimum absolute atomic E-state index is 0.168. The van der Waals surface area contributed by atoms with Crippen LogP contribution in [0.25, 0.3) is 0 Å². The van der Waals surface area contributed by atoms with Gasteiger partial charge >= 0.3 is 0 Å². The molecule has 1 aliphatic heterocycles. The summed E-state index contributed by atoms with van der Waals surface area (Å²) >= 11 is 5.41. The van der Waals surface area contributed by atoms with Crippen LogP contribution in [0, 0.1) is 0 Å². The van der Waals surface area contributed by atoms with E-state index in [-0.39, 0.29) is 5.91 Å². The van der Waals surface area contributed by atoms with Crippen LogP contribution in [0.5, 0.6) is 0 Å². The van der Waals surface area contributed by atoms with Gasteiger partial charge in [0.1, 0.15) is 5.69 Å². The smallest absolute Gasteiger partial charge is 0.270 e. The fourth-order valence-electron chi connectivity index (χ4n) is 2.24. The number of carbonyl (C=O) groups is 1. The summed E-state index contributed by atoms with van der Waals surface area (Å²) in [5, 5.41) is 0.542. The molecule has 0 aliphatic carbocycles. The molecule has 0 aromatic carbocycles. The van der Waals surface area contributed by atoms with Crippen LogP contribution in [0.1, 0.15) is 30.8 Å². The van der Waals surface area contributed by atoms with Crippen LogP contribution < -0.4 is 0 Å². The molecule has 0 saturated carbocycles. The van der Waals surface area contributed by atoms with E-state index in [0.29, 0.717) is 5.25 Å². The van der Waals surface area contributed by atoms with E-state index in [1.165, 1.54) is 0 Å². The first-order chi connectivity index (χ1) is 8.61. The third-order valence-electron chi connectivity index (χ3n) is 3.08.